The number of nitrogens with two attached hydrogens (primary N) is 1. The number of hydrogen-bond acceptors (Lipinski definition) is 4. The lowest BCUT2D eigenvalue weighted by Crippen LogP contribution is -2.45. The maximum atomic E-state index is 13.3. The average molecular weight is 707 g/mol. The molecule has 0 radical (unpaired) electrons. The van der Waals surface area contributed by atoms with Gasteiger partial charge in [-0.05, 0) is 65.4 Å². The largest absolute Gasteiger partial charge is 0.423 e. The van der Waals surface area contributed by atoms with Crippen molar-refractivity contribution in [1.29, 1.82) is 0 Å². The van der Waals surface area contributed by atoms with Gasteiger partial charge in [-0.1, -0.05) is 133 Å². The highest BCUT2D eigenvalue weighted by molar-refractivity contribution is 5.98. The quantitative estimate of drug-likeness (QED) is 0.0719. The SMILES string of the molecule is CCCCCCCCCCCCCCCCCC(=O)N1CCc2cc(OC(=O)c3ccccc3-c3ccc(C(F)(F)F)cc3)ccc2C1C(N)=O. The number of benzene rings is 3. The van der Waals surface area contributed by atoms with E-state index in [9.17, 15) is 27.6 Å². The molecule has 0 bridgehead atoms. The molecule has 1 aliphatic heterocycles. The van der Waals surface area contributed by atoms with Crippen molar-refractivity contribution in [3.8, 4) is 16.9 Å². The molecule has 3 aromatic rings. The number of amides is 2. The Bertz CT molecular complexity index is 1570. The van der Waals surface area contributed by atoms with Crippen LogP contribution in [-0.2, 0) is 22.2 Å². The van der Waals surface area contributed by atoms with Crippen LogP contribution < -0.4 is 10.5 Å². The number of fused-ring (bicyclic) bond motifs is 1. The van der Waals surface area contributed by atoms with Gasteiger partial charge in [-0.25, -0.2) is 4.79 Å². The summed E-state index contributed by atoms with van der Waals surface area (Å²) in [5, 5.41) is 0. The zero-order valence-corrected chi connectivity index (χ0v) is 29.9. The molecule has 1 heterocycles. The lowest BCUT2D eigenvalue weighted by atomic mass is 9.91. The van der Waals surface area contributed by atoms with Gasteiger partial charge in [-0.15, -0.1) is 0 Å². The fraction of sp³-hybridized carbons (Fsp3) is 0.500. The normalized spacial score (nSPS) is 14.3. The van der Waals surface area contributed by atoms with E-state index in [2.05, 4.69) is 6.92 Å². The van der Waals surface area contributed by atoms with Gasteiger partial charge in [0.15, 0.2) is 0 Å². The van der Waals surface area contributed by atoms with Crippen molar-refractivity contribution in [2.24, 2.45) is 5.73 Å². The summed E-state index contributed by atoms with van der Waals surface area (Å²) in [5.41, 5.74) is 7.49. The number of esters is 1. The van der Waals surface area contributed by atoms with Gasteiger partial charge in [0.25, 0.3) is 0 Å². The number of nitrogens with zero attached hydrogens (tertiary/aromatic N) is 1. The molecule has 1 aliphatic rings. The van der Waals surface area contributed by atoms with Crippen LogP contribution in [0.5, 0.6) is 5.75 Å². The molecule has 4 rings (SSSR count). The molecular formula is C42H53F3N2O4. The van der Waals surface area contributed by atoms with Crippen LogP contribution in [-0.4, -0.2) is 29.2 Å². The second-order valence-corrected chi connectivity index (χ2v) is 13.7. The summed E-state index contributed by atoms with van der Waals surface area (Å²) in [5.74, 6) is -1.12. The van der Waals surface area contributed by atoms with Crippen molar-refractivity contribution < 1.29 is 32.3 Å². The van der Waals surface area contributed by atoms with E-state index >= 15 is 0 Å². The first-order chi connectivity index (χ1) is 24.6. The first-order valence-electron chi connectivity index (χ1n) is 18.8. The molecule has 1 atom stereocenters. The molecule has 2 amide bonds. The highest BCUT2D eigenvalue weighted by Crippen LogP contribution is 2.35. The fourth-order valence-electron chi connectivity index (χ4n) is 6.95. The Hall–Kier alpha value is -4.14. The lowest BCUT2D eigenvalue weighted by Gasteiger charge is -2.35. The number of alkyl halides is 3. The summed E-state index contributed by atoms with van der Waals surface area (Å²) < 4.78 is 44.9. The van der Waals surface area contributed by atoms with Crippen LogP contribution in [0.1, 0.15) is 143 Å². The van der Waals surface area contributed by atoms with E-state index in [1.807, 2.05) is 0 Å². The Morgan fingerprint density at radius 1 is 0.765 bits per heavy atom. The number of carbonyl (C=O) groups excluding carboxylic acids is 3. The van der Waals surface area contributed by atoms with E-state index in [-0.39, 0.29) is 17.2 Å². The first-order valence-corrected chi connectivity index (χ1v) is 18.8. The maximum Gasteiger partial charge on any atom is 0.416 e. The molecule has 0 spiro atoms. The van der Waals surface area contributed by atoms with Crippen molar-refractivity contribution in [2.75, 3.05) is 6.54 Å². The van der Waals surface area contributed by atoms with Gasteiger partial charge < -0.3 is 15.4 Å². The number of ether oxygens (including phenoxy) is 1. The Kier molecular flexibility index (Phi) is 15.6. The smallest absolute Gasteiger partial charge is 0.416 e. The van der Waals surface area contributed by atoms with E-state index in [1.165, 1.54) is 89.2 Å². The van der Waals surface area contributed by atoms with E-state index in [0.29, 0.717) is 36.1 Å². The summed E-state index contributed by atoms with van der Waals surface area (Å²) in [7, 11) is 0. The third-order valence-corrected chi connectivity index (χ3v) is 9.81. The fourth-order valence-corrected chi connectivity index (χ4v) is 6.95. The van der Waals surface area contributed by atoms with Gasteiger partial charge in [0, 0.05) is 13.0 Å². The number of unbranched alkanes of at least 4 members (excludes halogenated alkanes) is 14. The van der Waals surface area contributed by atoms with Crippen molar-refractivity contribution in [1.82, 2.24) is 4.90 Å². The van der Waals surface area contributed by atoms with Crippen LogP contribution in [0.2, 0.25) is 0 Å². The summed E-state index contributed by atoms with van der Waals surface area (Å²) in [6, 6.07) is 15.2. The summed E-state index contributed by atoms with van der Waals surface area (Å²) >= 11 is 0. The second kappa shape index (κ2) is 20.0. The molecule has 2 N–H and O–H groups in total. The van der Waals surface area contributed by atoms with E-state index in [0.717, 1.165) is 37.0 Å². The van der Waals surface area contributed by atoms with Gasteiger partial charge in [0.2, 0.25) is 11.8 Å². The molecule has 276 valence electrons. The molecule has 0 fully saturated rings. The minimum atomic E-state index is -4.47. The second-order valence-electron chi connectivity index (χ2n) is 13.7. The molecule has 0 saturated heterocycles. The Balaban J connectivity index is 1.24. The highest BCUT2D eigenvalue weighted by atomic mass is 19.4. The lowest BCUT2D eigenvalue weighted by molar-refractivity contribution is -0.140. The van der Waals surface area contributed by atoms with Crippen LogP contribution in [0, 0.1) is 0 Å². The molecule has 51 heavy (non-hydrogen) atoms. The summed E-state index contributed by atoms with van der Waals surface area (Å²) in [6.45, 7) is 2.58. The Labute approximate surface area is 300 Å². The number of primary amides is 1. The van der Waals surface area contributed by atoms with Gasteiger partial charge >= 0.3 is 12.1 Å². The molecule has 0 saturated carbocycles. The van der Waals surface area contributed by atoms with Gasteiger partial charge in [-0.2, -0.15) is 13.2 Å². The van der Waals surface area contributed by atoms with Gasteiger partial charge in [0.1, 0.15) is 11.8 Å². The van der Waals surface area contributed by atoms with E-state index < -0.39 is 29.7 Å². The number of carbonyl (C=O) groups is 3. The number of halogens is 3. The maximum absolute atomic E-state index is 13.3. The van der Waals surface area contributed by atoms with Crippen LogP contribution in [0.15, 0.2) is 66.7 Å². The van der Waals surface area contributed by atoms with Crippen molar-refractivity contribution in [2.45, 2.75) is 128 Å². The van der Waals surface area contributed by atoms with Gasteiger partial charge in [0.05, 0.1) is 11.1 Å². The van der Waals surface area contributed by atoms with E-state index in [1.54, 1.807) is 47.4 Å². The zero-order chi connectivity index (χ0) is 36.6. The molecule has 9 heteroatoms. The molecule has 1 unspecified atom stereocenters. The van der Waals surface area contributed by atoms with Crippen LogP contribution in [0.3, 0.4) is 0 Å². The van der Waals surface area contributed by atoms with E-state index in [4.69, 9.17) is 10.5 Å². The number of rotatable bonds is 20. The van der Waals surface area contributed by atoms with Crippen molar-refractivity contribution >= 4 is 17.8 Å². The number of hydrogen-bond donors (Lipinski definition) is 1. The molecular weight excluding hydrogens is 653 g/mol. The molecule has 0 aliphatic carbocycles. The third kappa shape index (κ3) is 12.0. The third-order valence-electron chi connectivity index (χ3n) is 9.81. The Morgan fingerprint density at radius 3 is 1.90 bits per heavy atom. The Morgan fingerprint density at radius 2 is 1.33 bits per heavy atom. The first kappa shape index (κ1) is 39.6. The molecule has 6 nitrogen and oxygen atoms in total. The predicted octanol–water partition coefficient (Wildman–Crippen LogP) is 10.8. The highest BCUT2D eigenvalue weighted by Gasteiger charge is 2.35. The minimum Gasteiger partial charge on any atom is -0.423 e. The topological polar surface area (TPSA) is 89.7 Å². The van der Waals surface area contributed by atoms with Crippen LogP contribution in [0.4, 0.5) is 13.2 Å². The molecule has 3 aromatic carbocycles. The predicted molar refractivity (Wildman–Crippen MR) is 195 cm³/mol. The molecule has 0 aromatic heterocycles. The summed E-state index contributed by atoms with van der Waals surface area (Å²) in [4.78, 5) is 40.7. The van der Waals surface area contributed by atoms with Gasteiger partial charge in [-0.3, -0.25) is 9.59 Å². The van der Waals surface area contributed by atoms with Crippen molar-refractivity contribution in [3.05, 3.63) is 89.0 Å². The van der Waals surface area contributed by atoms with Crippen molar-refractivity contribution in [3.63, 3.8) is 0 Å². The van der Waals surface area contributed by atoms with Crippen LogP contribution in [0.25, 0.3) is 11.1 Å². The standard InChI is InChI=1S/C42H53F3N2O4/c1-2-3-4-5-6-7-8-9-10-11-12-13-14-15-16-21-38(48)47-29-28-32-30-34(26-27-36(32)39(47)40(46)49)51-41(50)37-20-18-17-19-35(37)31-22-24-33(25-23-31)42(43,44)45/h17-20,22-27,30,39H,2-16,21,28-29H2,1H3,(H2,46,49). The zero-order valence-electron chi connectivity index (χ0n) is 29.9. The average Bonchev–Trinajstić information content (AvgIpc) is 3.12. The summed E-state index contributed by atoms with van der Waals surface area (Å²) in [6.07, 6.45) is 15.1. The monoisotopic (exact) mass is 706 g/mol. The van der Waals surface area contributed by atoms with Crippen LogP contribution >= 0.6 is 0 Å². The minimum absolute atomic E-state index is 0.0884.